The summed E-state index contributed by atoms with van der Waals surface area (Å²) in [6.45, 7) is 0.739. The van der Waals surface area contributed by atoms with Crippen LogP contribution in [0.5, 0.6) is 5.75 Å². The average molecular weight is 301 g/mol. The number of hydrogen-bond acceptors (Lipinski definition) is 4. The summed E-state index contributed by atoms with van der Waals surface area (Å²) in [4.78, 5) is 4.67. The van der Waals surface area contributed by atoms with Crippen molar-refractivity contribution >= 4 is 21.7 Å². The molecular weight excluding hydrogens is 286 g/mol. The highest BCUT2D eigenvalue weighted by Gasteiger charge is 2.11. The number of nitrogens with zero attached hydrogens (tertiary/aromatic N) is 1. The van der Waals surface area contributed by atoms with E-state index in [0.717, 1.165) is 30.0 Å². The van der Waals surface area contributed by atoms with Crippen molar-refractivity contribution in [3.05, 3.63) is 53.6 Å². The van der Waals surface area contributed by atoms with E-state index in [1.165, 1.54) is 11.8 Å². The summed E-state index contributed by atoms with van der Waals surface area (Å²) >= 11 is 0. The maximum Gasteiger partial charge on any atom is 0.175 e. The van der Waals surface area contributed by atoms with Crippen LogP contribution >= 0.6 is 0 Å². The van der Waals surface area contributed by atoms with Gasteiger partial charge >= 0.3 is 0 Å². The van der Waals surface area contributed by atoms with Gasteiger partial charge in [-0.15, -0.1) is 0 Å². The maximum atomic E-state index is 11.4. The number of sulfone groups is 1. The Morgan fingerprint density at radius 3 is 2.62 bits per heavy atom. The lowest BCUT2D eigenvalue weighted by Crippen LogP contribution is -1.95. The molecule has 0 saturated carbocycles. The van der Waals surface area contributed by atoms with E-state index in [1.54, 1.807) is 30.5 Å². The predicted octanol–water partition coefficient (Wildman–Crippen LogP) is 2.78. The minimum absolute atomic E-state index is 0.302. The Bertz CT molecular complexity index is 793. The quantitative estimate of drug-likeness (QED) is 0.819. The second kappa shape index (κ2) is 5.33. The van der Waals surface area contributed by atoms with Gasteiger partial charge in [0.25, 0.3) is 0 Å². The molecule has 0 amide bonds. The van der Waals surface area contributed by atoms with Gasteiger partial charge < -0.3 is 4.74 Å². The fourth-order valence-electron chi connectivity index (χ4n) is 2.22. The summed E-state index contributed by atoms with van der Waals surface area (Å²) in [5.74, 6) is 0.949. The molecule has 0 N–H and O–H groups in total. The number of ether oxygens (including phenoxy) is 1. The van der Waals surface area contributed by atoms with Crippen molar-refractivity contribution in [1.82, 2.24) is 0 Å². The Labute approximate surface area is 124 Å². The highest BCUT2D eigenvalue weighted by molar-refractivity contribution is 7.90. The number of hydrogen-bond donors (Lipinski definition) is 0. The van der Waals surface area contributed by atoms with Crippen molar-refractivity contribution in [3.8, 4) is 5.75 Å². The van der Waals surface area contributed by atoms with Crippen molar-refractivity contribution in [2.24, 2.45) is 4.99 Å². The fourth-order valence-corrected chi connectivity index (χ4v) is 2.85. The van der Waals surface area contributed by atoms with E-state index >= 15 is 0 Å². The van der Waals surface area contributed by atoms with Crippen LogP contribution in [-0.2, 0) is 16.3 Å². The molecule has 21 heavy (non-hydrogen) atoms. The Balaban J connectivity index is 1.80. The van der Waals surface area contributed by atoms with Gasteiger partial charge in [-0.3, -0.25) is 4.99 Å². The first-order chi connectivity index (χ1) is 10.0. The molecule has 2 aromatic rings. The van der Waals surface area contributed by atoms with E-state index in [4.69, 9.17) is 4.74 Å². The van der Waals surface area contributed by atoms with Crippen molar-refractivity contribution in [2.75, 3.05) is 12.9 Å². The SMILES string of the molecule is CS(=O)(=O)c1ccc(N=Cc2ccc3c(c2)CCO3)cc1. The molecule has 1 aliphatic heterocycles. The first kappa shape index (κ1) is 13.8. The molecule has 0 atom stereocenters. The van der Waals surface area contributed by atoms with Crippen LogP contribution in [0, 0.1) is 0 Å². The van der Waals surface area contributed by atoms with Crippen LogP contribution in [0.3, 0.4) is 0 Å². The third kappa shape index (κ3) is 3.13. The Morgan fingerprint density at radius 2 is 1.90 bits per heavy atom. The lowest BCUT2D eigenvalue weighted by molar-refractivity contribution is 0.357. The standard InChI is InChI=1S/C16H15NO3S/c1-21(18,19)15-5-3-14(4-6-15)17-11-12-2-7-16-13(10-12)8-9-20-16/h2-7,10-11H,8-9H2,1H3. The summed E-state index contributed by atoms with van der Waals surface area (Å²) in [6.07, 6.45) is 3.89. The molecule has 1 aliphatic rings. The molecule has 5 heteroatoms. The zero-order valence-corrected chi connectivity index (χ0v) is 12.4. The summed E-state index contributed by atoms with van der Waals surface area (Å²) in [5.41, 5.74) is 2.93. The third-order valence-corrected chi connectivity index (χ3v) is 4.47. The van der Waals surface area contributed by atoms with Crippen LogP contribution in [-0.4, -0.2) is 27.5 Å². The largest absolute Gasteiger partial charge is 0.493 e. The van der Waals surface area contributed by atoms with Gasteiger partial charge in [-0.1, -0.05) is 0 Å². The van der Waals surface area contributed by atoms with Crippen LogP contribution in [0.15, 0.2) is 52.4 Å². The van der Waals surface area contributed by atoms with Gasteiger partial charge in [0.05, 0.1) is 17.2 Å². The first-order valence-corrected chi connectivity index (χ1v) is 8.51. The molecule has 0 spiro atoms. The lowest BCUT2D eigenvalue weighted by atomic mass is 10.1. The fraction of sp³-hybridized carbons (Fsp3) is 0.188. The topological polar surface area (TPSA) is 55.7 Å². The van der Waals surface area contributed by atoms with Gasteiger partial charge in [0, 0.05) is 18.9 Å². The third-order valence-electron chi connectivity index (χ3n) is 3.34. The molecule has 4 nitrogen and oxygen atoms in total. The minimum Gasteiger partial charge on any atom is -0.493 e. The van der Waals surface area contributed by atoms with Crippen molar-refractivity contribution in [3.63, 3.8) is 0 Å². The number of aliphatic imine (C=N–C) groups is 1. The highest BCUT2D eigenvalue weighted by atomic mass is 32.2. The second-order valence-corrected chi connectivity index (χ2v) is 7.01. The van der Waals surface area contributed by atoms with E-state index in [9.17, 15) is 8.42 Å². The summed E-state index contributed by atoms with van der Waals surface area (Å²) < 4.78 is 28.2. The van der Waals surface area contributed by atoms with E-state index < -0.39 is 9.84 Å². The minimum atomic E-state index is -3.16. The Hall–Kier alpha value is -2.14. The van der Waals surface area contributed by atoms with Gasteiger partial charge in [0.1, 0.15) is 5.75 Å². The highest BCUT2D eigenvalue weighted by Crippen LogP contribution is 2.25. The number of rotatable bonds is 3. The van der Waals surface area contributed by atoms with Crippen LogP contribution in [0.1, 0.15) is 11.1 Å². The van der Waals surface area contributed by atoms with E-state index in [-0.39, 0.29) is 0 Å². The molecule has 108 valence electrons. The molecule has 0 aliphatic carbocycles. The Morgan fingerprint density at radius 1 is 1.14 bits per heavy atom. The molecule has 2 aromatic carbocycles. The smallest absolute Gasteiger partial charge is 0.175 e. The molecule has 0 fully saturated rings. The van der Waals surface area contributed by atoms with Crippen molar-refractivity contribution in [2.45, 2.75) is 11.3 Å². The number of fused-ring (bicyclic) bond motifs is 1. The number of benzene rings is 2. The molecule has 0 saturated heterocycles. The maximum absolute atomic E-state index is 11.4. The molecule has 3 rings (SSSR count). The normalized spacial score (nSPS) is 14.1. The average Bonchev–Trinajstić information content (AvgIpc) is 2.92. The van der Waals surface area contributed by atoms with Gasteiger partial charge in [-0.25, -0.2) is 8.42 Å². The monoisotopic (exact) mass is 301 g/mol. The van der Waals surface area contributed by atoms with Crippen LogP contribution in [0.2, 0.25) is 0 Å². The van der Waals surface area contributed by atoms with Gasteiger partial charge in [0.2, 0.25) is 0 Å². The van der Waals surface area contributed by atoms with Gasteiger partial charge in [-0.2, -0.15) is 0 Å². The van der Waals surface area contributed by atoms with E-state index in [2.05, 4.69) is 11.1 Å². The first-order valence-electron chi connectivity index (χ1n) is 6.62. The summed E-state index contributed by atoms with van der Waals surface area (Å²) in [7, 11) is -3.16. The van der Waals surface area contributed by atoms with Crippen LogP contribution in [0.25, 0.3) is 0 Å². The zero-order chi connectivity index (χ0) is 14.9. The van der Waals surface area contributed by atoms with Gasteiger partial charge in [0.15, 0.2) is 9.84 Å². The molecular formula is C16H15NO3S. The van der Waals surface area contributed by atoms with E-state index in [0.29, 0.717) is 4.90 Å². The molecule has 1 heterocycles. The lowest BCUT2D eigenvalue weighted by Gasteiger charge is -2.00. The molecule has 0 unspecified atom stereocenters. The summed E-state index contributed by atoms with van der Waals surface area (Å²) in [5, 5.41) is 0. The zero-order valence-electron chi connectivity index (χ0n) is 11.6. The summed E-state index contributed by atoms with van der Waals surface area (Å²) in [6, 6.07) is 12.5. The van der Waals surface area contributed by atoms with Crippen molar-refractivity contribution in [1.29, 1.82) is 0 Å². The molecule has 0 aromatic heterocycles. The van der Waals surface area contributed by atoms with E-state index in [1.807, 2.05) is 12.1 Å². The van der Waals surface area contributed by atoms with Crippen molar-refractivity contribution < 1.29 is 13.2 Å². The molecule has 0 bridgehead atoms. The van der Waals surface area contributed by atoms with Gasteiger partial charge in [-0.05, 0) is 53.6 Å². The second-order valence-electron chi connectivity index (χ2n) is 4.99. The Kier molecular flexibility index (Phi) is 3.51. The predicted molar refractivity (Wildman–Crippen MR) is 82.4 cm³/mol. The van der Waals surface area contributed by atoms with Crippen LogP contribution in [0.4, 0.5) is 5.69 Å². The van der Waals surface area contributed by atoms with Crippen LogP contribution < -0.4 is 4.74 Å². The molecule has 0 radical (unpaired) electrons.